The van der Waals surface area contributed by atoms with Crippen molar-refractivity contribution in [3.8, 4) is 0 Å². The van der Waals surface area contributed by atoms with Crippen molar-refractivity contribution in [2.24, 2.45) is 0 Å². The summed E-state index contributed by atoms with van der Waals surface area (Å²) in [6, 6.07) is 0. The number of methoxy groups -OCH3 is 1. The molecule has 0 aliphatic carbocycles. The minimum atomic E-state index is -0.563. The lowest BCUT2D eigenvalue weighted by Crippen LogP contribution is -2.05. The first-order valence-corrected chi connectivity index (χ1v) is 3.08. The molecule has 0 fully saturated rings. The van der Waals surface area contributed by atoms with Gasteiger partial charge in [-0.25, -0.2) is 14.8 Å². The summed E-state index contributed by atoms with van der Waals surface area (Å²) in [6.07, 6.45) is 2.41. The Labute approximate surface area is 68.2 Å². The lowest BCUT2D eigenvalue weighted by molar-refractivity contribution is 0.0593. The molecule has 0 aliphatic rings. The second kappa shape index (κ2) is 3.63. The summed E-state index contributed by atoms with van der Waals surface area (Å²) < 4.78 is 4.39. The molecule has 0 aliphatic heterocycles. The number of nitrogens with one attached hydrogen (secondary N) is 1. The Balaban J connectivity index is 2.84. The van der Waals surface area contributed by atoms with E-state index in [4.69, 9.17) is 5.21 Å². The number of carbonyl (C=O) groups excluding carboxylic acids is 1. The van der Waals surface area contributed by atoms with Gasteiger partial charge in [-0.05, 0) is 0 Å². The predicted octanol–water partition coefficient (Wildman–Crippen LogP) is 0.0643. The van der Waals surface area contributed by atoms with Crippen molar-refractivity contribution < 1.29 is 14.7 Å². The average Bonchev–Trinajstić information content (AvgIpc) is 2.17. The fourth-order valence-corrected chi connectivity index (χ4v) is 0.596. The molecule has 1 heterocycles. The highest BCUT2D eigenvalue weighted by atomic mass is 16.5. The van der Waals surface area contributed by atoms with Gasteiger partial charge in [0.2, 0.25) is 0 Å². The quantitative estimate of drug-likeness (QED) is 0.481. The summed E-state index contributed by atoms with van der Waals surface area (Å²) in [5, 5.41) is 8.36. The second-order valence-corrected chi connectivity index (χ2v) is 1.89. The molecule has 6 nitrogen and oxygen atoms in total. The largest absolute Gasteiger partial charge is 0.464 e. The molecule has 2 N–H and O–H groups in total. The maximum Gasteiger partial charge on any atom is 0.358 e. The molecule has 1 rings (SSSR count). The van der Waals surface area contributed by atoms with E-state index in [1.54, 1.807) is 5.48 Å². The molecule has 6 heteroatoms. The van der Waals surface area contributed by atoms with Crippen LogP contribution in [0.4, 0.5) is 5.82 Å². The van der Waals surface area contributed by atoms with Crippen LogP contribution in [0.15, 0.2) is 12.4 Å². The number of esters is 1. The van der Waals surface area contributed by atoms with E-state index in [1.807, 2.05) is 0 Å². The van der Waals surface area contributed by atoms with Gasteiger partial charge in [0.1, 0.15) is 0 Å². The number of aromatic nitrogens is 2. The van der Waals surface area contributed by atoms with Crippen LogP contribution in [-0.4, -0.2) is 28.3 Å². The van der Waals surface area contributed by atoms with E-state index in [2.05, 4.69) is 14.7 Å². The van der Waals surface area contributed by atoms with E-state index in [1.165, 1.54) is 19.5 Å². The molecule has 12 heavy (non-hydrogen) atoms. The van der Waals surface area contributed by atoms with Crippen molar-refractivity contribution in [3.05, 3.63) is 18.1 Å². The number of carbonyl (C=O) groups is 1. The molecule has 0 atom stereocenters. The molecular formula is C6H7N3O3. The summed E-state index contributed by atoms with van der Waals surface area (Å²) in [7, 11) is 1.25. The summed E-state index contributed by atoms with van der Waals surface area (Å²) in [6.45, 7) is 0. The van der Waals surface area contributed by atoms with Crippen LogP contribution in [0.5, 0.6) is 0 Å². The van der Waals surface area contributed by atoms with Crippen LogP contribution < -0.4 is 5.48 Å². The summed E-state index contributed by atoms with van der Waals surface area (Å²) in [5.74, 6) is -0.394. The third-order valence-electron chi connectivity index (χ3n) is 1.16. The van der Waals surface area contributed by atoms with Gasteiger partial charge < -0.3 is 4.74 Å². The van der Waals surface area contributed by atoms with Gasteiger partial charge in [-0.1, -0.05) is 0 Å². The topological polar surface area (TPSA) is 84.3 Å². The van der Waals surface area contributed by atoms with Crippen LogP contribution in [0, 0.1) is 0 Å². The first kappa shape index (κ1) is 8.41. The van der Waals surface area contributed by atoms with Crippen LogP contribution in [0.3, 0.4) is 0 Å². The average molecular weight is 169 g/mol. The van der Waals surface area contributed by atoms with E-state index in [-0.39, 0.29) is 11.5 Å². The van der Waals surface area contributed by atoms with E-state index >= 15 is 0 Å². The van der Waals surface area contributed by atoms with E-state index in [0.717, 1.165) is 0 Å². The summed E-state index contributed by atoms with van der Waals surface area (Å²) in [4.78, 5) is 18.1. The zero-order valence-electron chi connectivity index (χ0n) is 6.31. The molecule has 0 amide bonds. The molecular weight excluding hydrogens is 162 g/mol. The maximum absolute atomic E-state index is 10.8. The molecule has 0 saturated carbocycles. The number of anilines is 1. The zero-order valence-corrected chi connectivity index (χ0v) is 6.31. The zero-order chi connectivity index (χ0) is 8.97. The lowest BCUT2D eigenvalue weighted by atomic mass is 10.4. The highest BCUT2D eigenvalue weighted by Crippen LogP contribution is 1.99. The van der Waals surface area contributed by atoms with Gasteiger partial charge in [0.15, 0.2) is 11.5 Å². The van der Waals surface area contributed by atoms with Crippen LogP contribution in [0.2, 0.25) is 0 Å². The molecule has 1 aromatic heterocycles. The Bertz CT molecular complexity index is 272. The van der Waals surface area contributed by atoms with E-state index < -0.39 is 5.97 Å². The van der Waals surface area contributed by atoms with Gasteiger partial charge in [-0.15, -0.1) is 0 Å². The molecule has 64 valence electrons. The molecule has 0 aromatic carbocycles. The van der Waals surface area contributed by atoms with Crippen LogP contribution in [-0.2, 0) is 4.74 Å². The van der Waals surface area contributed by atoms with Crippen molar-refractivity contribution in [1.29, 1.82) is 0 Å². The van der Waals surface area contributed by atoms with E-state index in [9.17, 15) is 4.79 Å². The number of ether oxygens (including phenoxy) is 1. The molecule has 0 saturated heterocycles. The smallest absolute Gasteiger partial charge is 0.358 e. The van der Waals surface area contributed by atoms with Crippen LogP contribution >= 0.6 is 0 Å². The molecule has 0 bridgehead atoms. The van der Waals surface area contributed by atoms with Crippen molar-refractivity contribution in [1.82, 2.24) is 9.97 Å². The predicted molar refractivity (Wildman–Crippen MR) is 38.8 cm³/mol. The molecule has 0 spiro atoms. The van der Waals surface area contributed by atoms with Gasteiger partial charge in [0, 0.05) is 0 Å². The third kappa shape index (κ3) is 1.67. The molecule has 1 aromatic rings. The highest BCUT2D eigenvalue weighted by Gasteiger charge is 2.06. The van der Waals surface area contributed by atoms with Gasteiger partial charge in [-0.3, -0.25) is 10.7 Å². The first-order chi connectivity index (χ1) is 5.77. The summed E-state index contributed by atoms with van der Waals surface area (Å²) >= 11 is 0. The number of rotatable bonds is 2. The maximum atomic E-state index is 10.8. The Hall–Kier alpha value is -1.69. The first-order valence-electron chi connectivity index (χ1n) is 3.08. The lowest BCUT2D eigenvalue weighted by Gasteiger charge is -1.98. The van der Waals surface area contributed by atoms with Crippen LogP contribution in [0.25, 0.3) is 0 Å². The van der Waals surface area contributed by atoms with Gasteiger partial charge in [0.05, 0.1) is 19.5 Å². The Morgan fingerprint density at radius 3 is 2.75 bits per heavy atom. The minimum Gasteiger partial charge on any atom is -0.464 e. The standard InChI is InChI=1S/C6H7N3O3/c1-12-6(10)4-2-8-5(9-11)3-7-4/h2-3,11H,1H3,(H,8,9). The Morgan fingerprint density at radius 2 is 2.33 bits per heavy atom. The minimum absolute atomic E-state index is 0.0940. The van der Waals surface area contributed by atoms with Crippen molar-refractivity contribution in [3.63, 3.8) is 0 Å². The second-order valence-electron chi connectivity index (χ2n) is 1.89. The Kier molecular flexibility index (Phi) is 2.54. The fraction of sp³-hybridized carbons (Fsp3) is 0.167. The monoisotopic (exact) mass is 169 g/mol. The van der Waals surface area contributed by atoms with Crippen molar-refractivity contribution >= 4 is 11.8 Å². The summed E-state index contributed by atoms with van der Waals surface area (Å²) in [5.41, 5.74) is 1.88. The van der Waals surface area contributed by atoms with Gasteiger partial charge in [0.25, 0.3) is 0 Å². The molecule has 0 radical (unpaired) electrons. The van der Waals surface area contributed by atoms with Gasteiger partial charge in [-0.2, -0.15) is 0 Å². The fourth-order valence-electron chi connectivity index (χ4n) is 0.596. The normalized spacial score (nSPS) is 9.17. The number of hydrogen-bond donors (Lipinski definition) is 2. The SMILES string of the molecule is COC(=O)c1cnc(NO)cn1. The van der Waals surface area contributed by atoms with Crippen molar-refractivity contribution in [2.45, 2.75) is 0 Å². The third-order valence-corrected chi connectivity index (χ3v) is 1.16. The highest BCUT2D eigenvalue weighted by molar-refractivity contribution is 5.86. The van der Waals surface area contributed by atoms with Crippen molar-refractivity contribution in [2.75, 3.05) is 12.6 Å². The van der Waals surface area contributed by atoms with Crippen LogP contribution in [0.1, 0.15) is 10.5 Å². The van der Waals surface area contributed by atoms with Gasteiger partial charge >= 0.3 is 5.97 Å². The van der Waals surface area contributed by atoms with E-state index in [0.29, 0.717) is 0 Å². The Morgan fingerprint density at radius 1 is 1.58 bits per heavy atom. The molecule has 0 unspecified atom stereocenters. The number of nitrogens with zero attached hydrogens (tertiary/aromatic N) is 2. The number of hydrogen-bond acceptors (Lipinski definition) is 6.